The summed E-state index contributed by atoms with van der Waals surface area (Å²) in [5.74, 6) is -0.00237. The third-order valence-electron chi connectivity index (χ3n) is 3.27. The molecule has 1 aliphatic heterocycles. The van der Waals surface area contributed by atoms with E-state index in [1.54, 1.807) is 23.1 Å². The van der Waals surface area contributed by atoms with Crippen molar-refractivity contribution in [2.45, 2.75) is 25.6 Å². The fourth-order valence-corrected chi connectivity index (χ4v) is 2.25. The minimum Gasteiger partial charge on any atom is -0.394 e. The molecule has 1 aromatic carbocycles. The number of hydrogen-bond donors (Lipinski definition) is 3. The summed E-state index contributed by atoms with van der Waals surface area (Å²) in [5, 5.41) is 28.0. The number of rotatable bonds is 3. The zero-order chi connectivity index (χ0) is 13.3. The van der Waals surface area contributed by atoms with Crippen molar-refractivity contribution in [3.63, 3.8) is 0 Å². The zero-order valence-corrected chi connectivity index (χ0v) is 10.2. The molecule has 5 heteroatoms. The first-order chi connectivity index (χ1) is 8.54. The monoisotopic (exact) mass is 251 g/mol. The molecule has 0 saturated carbocycles. The maximum absolute atomic E-state index is 11.4. The summed E-state index contributed by atoms with van der Waals surface area (Å²) in [7, 11) is 0. The van der Waals surface area contributed by atoms with Crippen molar-refractivity contribution in [2.75, 3.05) is 18.1 Å². The van der Waals surface area contributed by atoms with E-state index in [0.29, 0.717) is 12.1 Å². The van der Waals surface area contributed by atoms with Crippen LogP contribution in [-0.4, -0.2) is 40.5 Å². The van der Waals surface area contributed by atoms with Gasteiger partial charge in [0.05, 0.1) is 6.61 Å². The predicted molar refractivity (Wildman–Crippen MR) is 66.2 cm³/mol. The van der Waals surface area contributed by atoms with Crippen molar-refractivity contribution < 1.29 is 20.1 Å². The molecule has 2 rings (SSSR count). The maximum Gasteiger partial charge on any atom is 0.223 e. The number of carbonyl (C=O) groups is 1. The molecule has 98 valence electrons. The van der Waals surface area contributed by atoms with Crippen LogP contribution in [0.5, 0.6) is 0 Å². The molecule has 0 fully saturated rings. The first-order valence-electron chi connectivity index (χ1n) is 5.92. The summed E-state index contributed by atoms with van der Waals surface area (Å²) in [6.45, 7) is 1.68. The van der Waals surface area contributed by atoms with Gasteiger partial charge in [-0.3, -0.25) is 4.79 Å². The minimum atomic E-state index is -1.19. The van der Waals surface area contributed by atoms with Crippen LogP contribution in [0.15, 0.2) is 18.2 Å². The van der Waals surface area contributed by atoms with Crippen LogP contribution in [-0.2, 0) is 11.2 Å². The molecule has 0 saturated heterocycles. The van der Waals surface area contributed by atoms with Crippen LogP contribution < -0.4 is 4.90 Å². The Morgan fingerprint density at radius 3 is 2.78 bits per heavy atom. The number of nitrogens with zero attached hydrogens (tertiary/aromatic N) is 1. The van der Waals surface area contributed by atoms with E-state index in [2.05, 4.69) is 0 Å². The van der Waals surface area contributed by atoms with Gasteiger partial charge in [0.1, 0.15) is 12.2 Å². The Balaban J connectivity index is 2.27. The highest BCUT2D eigenvalue weighted by Crippen LogP contribution is 2.31. The van der Waals surface area contributed by atoms with Gasteiger partial charge in [0.2, 0.25) is 5.91 Å². The van der Waals surface area contributed by atoms with E-state index in [4.69, 9.17) is 5.11 Å². The van der Waals surface area contributed by atoms with E-state index < -0.39 is 18.8 Å². The van der Waals surface area contributed by atoms with Crippen molar-refractivity contribution in [3.05, 3.63) is 29.3 Å². The second-order valence-electron chi connectivity index (χ2n) is 4.50. The quantitative estimate of drug-likeness (QED) is 0.705. The lowest BCUT2D eigenvalue weighted by Crippen LogP contribution is -2.25. The molecule has 3 N–H and O–H groups in total. The first kappa shape index (κ1) is 13.0. The fourth-order valence-electron chi connectivity index (χ4n) is 2.25. The molecule has 0 spiro atoms. The van der Waals surface area contributed by atoms with Gasteiger partial charge in [0.25, 0.3) is 0 Å². The Morgan fingerprint density at radius 2 is 2.17 bits per heavy atom. The lowest BCUT2D eigenvalue weighted by atomic mass is 10.0. The number of carbonyl (C=O) groups excluding carboxylic acids is 1. The van der Waals surface area contributed by atoms with Crippen LogP contribution >= 0.6 is 0 Å². The van der Waals surface area contributed by atoms with Gasteiger partial charge in [0, 0.05) is 19.2 Å². The van der Waals surface area contributed by atoms with Gasteiger partial charge in [-0.25, -0.2) is 0 Å². The Labute approximate surface area is 105 Å². The lowest BCUT2D eigenvalue weighted by molar-refractivity contribution is -0.116. The van der Waals surface area contributed by atoms with E-state index >= 15 is 0 Å². The number of hydrogen-bond acceptors (Lipinski definition) is 4. The molecule has 18 heavy (non-hydrogen) atoms. The molecule has 0 radical (unpaired) electrons. The molecule has 0 aliphatic carbocycles. The van der Waals surface area contributed by atoms with Crippen LogP contribution in [0.2, 0.25) is 0 Å². The standard InChI is InChI=1S/C13H17NO4/c1-8(16)14-5-4-9-6-10(2-3-11(9)14)13(18)12(17)7-15/h2-3,6,12-13,15,17-18H,4-5,7H2,1H3. The van der Waals surface area contributed by atoms with E-state index in [1.165, 1.54) is 6.92 Å². The average Bonchev–Trinajstić information content (AvgIpc) is 2.79. The molecule has 5 nitrogen and oxygen atoms in total. The molecule has 1 aromatic rings. The predicted octanol–water partition coefficient (Wildman–Crippen LogP) is -0.0178. The van der Waals surface area contributed by atoms with E-state index in [0.717, 1.165) is 17.7 Å². The van der Waals surface area contributed by atoms with Gasteiger partial charge in [-0.2, -0.15) is 0 Å². The normalized spacial score (nSPS) is 17.4. The Bertz CT molecular complexity index is 460. The summed E-state index contributed by atoms with van der Waals surface area (Å²) >= 11 is 0. The maximum atomic E-state index is 11.4. The molecule has 2 unspecified atom stereocenters. The SMILES string of the molecule is CC(=O)N1CCc2cc(C(O)C(O)CO)ccc21. The topological polar surface area (TPSA) is 81.0 Å². The number of fused-ring (bicyclic) bond motifs is 1. The van der Waals surface area contributed by atoms with Gasteiger partial charge in [-0.1, -0.05) is 12.1 Å². The number of anilines is 1. The van der Waals surface area contributed by atoms with Gasteiger partial charge in [-0.05, 0) is 23.6 Å². The van der Waals surface area contributed by atoms with Crippen molar-refractivity contribution in [2.24, 2.45) is 0 Å². The van der Waals surface area contributed by atoms with Gasteiger partial charge in [0.15, 0.2) is 0 Å². The highest BCUT2D eigenvalue weighted by atomic mass is 16.4. The van der Waals surface area contributed by atoms with Crippen molar-refractivity contribution >= 4 is 11.6 Å². The molecule has 1 heterocycles. The average molecular weight is 251 g/mol. The van der Waals surface area contributed by atoms with Crippen LogP contribution in [0.4, 0.5) is 5.69 Å². The van der Waals surface area contributed by atoms with E-state index in [1.807, 2.05) is 0 Å². The molecular formula is C13H17NO4. The molecule has 1 amide bonds. The van der Waals surface area contributed by atoms with Gasteiger partial charge in [-0.15, -0.1) is 0 Å². The summed E-state index contributed by atoms with van der Waals surface area (Å²) in [5.41, 5.74) is 2.39. The summed E-state index contributed by atoms with van der Waals surface area (Å²) in [4.78, 5) is 13.1. The van der Waals surface area contributed by atoms with E-state index in [9.17, 15) is 15.0 Å². The van der Waals surface area contributed by atoms with Gasteiger partial charge < -0.3 is 20.2 Å². The first-order valence-corrected chi connectivity index (χ1v) is 5.92. The summed E-state index contributed by atoms with van der Waals surface area (Å²) in [6, 6.07) is 5.22. The largest absolute Gasteiger partial charge is 0.394 e. The van der Waals surface area contributed by atoms with Gasteiger partial charge >= 0.3 is 0 Å². The zero-order valence-electron chi connectivity index (χ0n) is 10.2. The molecule has 1 aliphatic rings. The van der Waals surface area contributed by atoms with Crippen molar-refractivity contribution in [3.8, 4) is 0 Å². The summed E-state index contributed by atoms with van der Waals surface area (Å²) in [6.07, 6.45) is -1.55. The minimum absolute atomic E-state index is 0.00237. The lowest BCUT2D eigenvalue weighted by Gasteiger charge is -2.18. The third-order valence-corrected chi connectivity index (χ3v) is 3.27. The molecule has 0 bridgehead atoms. The summed E-state index contributed by atoms with van der Waals surface area (Å²) < 4.78 is 0. The third kappa shape index (κ3) is 2.25. The van der Waals surface area contributed by atoms with Crippen molar-refractivity contribution in [1.82, 2.24) is 0 Å². The second kappa shape index (κ2) is 5.06. The van der Waals surface area contributed by atoms with Crippen LogP contribution in [0.25, 0.3) is 0 Å². The Hall–Kier alpha value is -1.43. The Kier molecular flexibility index (Phi) is 3.65. The molecule has 0 aromatic heterocycles. The smallest absolute Gasteiger partial charge is 0.223 e. The van der Waals surface area contributed by atoms with E-state index in [-0.39, 0.29) is 5.91 Å². The number of benzene rings is 1. The number of aliphatic hydroxyl groups excluding tert-OH is 3. The van der Waals surface area contributed by atoms with Crippen LogP contribution in [0.1, 0.15) is 24.2 Å². The second-order valence-corrected chi connectivity index (χ2v) is 4.50. The Morgan fingerprint density at radius 1 is 1.44 bits per heavy atom. The molecule has 2 atom stereocenters. The molecular weight excluding hydrogens is 234 g/mol. The van der Waals surface area contributed by atoms with Crippen LogP contribution in [0.3, 0.4) is 0 Å². The van der Waals surface area contributed by atoms with Crippen LogP contribution in [0, 0.1) is 0 Å². The number of aliphatic hydroxyl groups is 3. The highest BCUT2D eigenvalue weighted by molar-refractivity contribution is 5.93. The van der Waals surface area contributed by atoms with Crippen molar-refractivity contribution in [1.29, 1.82) is 0 Å². The number of amides is 1. The highest BCUT2D eigenvalue weighted by Gasteiger charge is 2.24. The fraction of sp³-hybridized carbons (Fsp3) is 0.462.